The SMILES string of the molecule is CCN(CCCCNC(C)(C)C)c1ccc(C)cc1. The van der Waals surface area contributed by atoms with E-state index in [1.165, 1.54) is 24.1 Å². The van der Waals surface area contributed by atoms with Crippen molar-refractivity contribution in [2.24, 2.45) is 0 Å². The monoisotopic (exact) mass is 262 g/mol. The van der Waals surface area contributed by atoms with Crippen LogP contribution in [0.2, 0.25) is 0 Å². The Morgan fingerprint density at radius 3 is 2.21 bits per heavy atom. The zero-order chi connectivity index (χ0) is 14.3. The Morgan fingerprint density at radius 2 is 1.68 bits per heavy atom. The Kier molecular flexibility index (Phi) is 6.36. The van der Waals surface area contributed by atoms with Crippen molar-refractivity contribution in [2.45, 2.75) is 53.0 Å². The van der Waals surface area contributed by atoms with Crippen molar-refractivity contribution < 1.29 is 0 Å². The molecule has 0 aromatic heterocycles. The van der Waals surface area contributed by atoms with E-state index in [1.807, 2.05) is 0 Å². The molecule has 1 aromatic rings. The number of hydrogen-bond acceptors (Lipinski definition) is 2. The van der Waals surface area contributed by atoms with Crippen molar-refractivity contribution in [2.75, 3.05) is 24.5 Å². The molecule has 0 fully saturated rings. The standard InChI is InChI=1S/C17H30N2/c1-6-19(16-11-9-15(2)10-12-16)14-8-7-13-18-17(3,4)5/h9-12,18H,6-8,13-14H2,1-5H3. The van der Waals surface area contributed by atoms with Gasteiger partial charge in [0.1, 0.15) is 0 Å². The molecule has 2 nitrogen and oxygen atoms in total. The van der Waals surface area contributed by atoms with Gasteiger partial charge in [-0.05, 0) is 66.1 Å². The minimum absolute atomic E-state index is 0.238. The van der Waals surface area contributed by atoms with E-state index in [0.29, 0.717) is 0 Å². The van der Waals surface area contributed by atoms with Crippen molar-refractivity contribution in [1.82, 2.24) is 5.32 Å². The first-order valence-corrected chi connectivity index (χ1v) is 7.49. The summed E-state index contributed by atoms with van der Waals surface area (Å²) in [4.78, 5) is 2.45. The molecule has 0 heterocycles. The summed E-state index contributed by atoms with van der Waals surface area (Å²) < 4.78 is 0. The van der Waals surface area contributed by atoms with Crippen molar-refractivity contribution in [1.29, 1.82) is 0 Å². The number of nitrogens with zero attached hydrogens (tertiary/aromatic N) is 1. The highest BCUT2D eigenvalue weighted by molar-refractivity contribution is 5.47. The summed E-state index contributed by atoms with van der Waals surface area (Å²) in [6.45, 7) is 14.4. The van der Waals surface area contributed by atoms with Gasteiger partial charge >= 0.3 is 0 Å². The van der Waals surface area contributed by atoms with Crippen LogP contribution in [-0.4, -0.2) is 25.2 Å². The molecule has 1 aromatic carbocycles. The Balaban J connectivity index is 2.31. The molecule has 19 heavy (non-hydrogen) atoms. The summed E-state index contributed by atoms with van der Waals surface area (Å²) in [5.74, 6) is 0. The number of aryl methyl sites for hydroxylation is 1. The molecule has 0 spiro atoms. The third-order valence-corrected chi connectivity index (χ3v) is 3.29. The fraction of sp³-hybridized carbons (Fsp3) is 0.647. The summed E-state index contributed by atoms with van der Waals surface area (Å²) >= 11 is 0. The highest BCUT2D eigenvalue weighted by atomic mass is 15.1. The third kappa shape index (κ3) is 6.63. The van der Waals surface area contributed by atoms with Gasteiger partial charge < -0.3 is 10.2 Å². The lowest BCUT2D eigenvalue weighted by molar-refractivity contribution is 0.419. The van der Waals surface area contributed by atoms with Crippen LogP contribution in [0.3, 0.4) is 0 Å². The Hall–Kier alpha value is -1.02. The molecular formula is C17H30N2. The van der Waals surface area contributed by atoms with Gasteiger partial charge in [-0.2, -0.15) is 0 Å². The smallest absolute Gasteiger partial charge is 0.0366 e. The zero-order valence-electron chi connectivity index (χ0n) is 13.3. The molecule has 0 aliphatic heterocycles. The number of benzene rings is 1. The minimum Gasteiger partial charge on any atom is -0.372 e. The fourth-order valence-electron chi connectivity index (χ4n) is 2.12. The molecule has 0 saturated carbocycles. The molecule has 0 unspecified atom stereocenters. The van der Waals surface area contributed by atoms with Crippen LogP contribution in [0.25, 0.3) is 0 Å². The Morgan fingerprint density at radius 1 is 1.05 bits per heavy atom. The van der Waals surface area contributed by atoms with Gasteiger partial charge in [-0.15, -0.1) is 0 Å². The second-order valence-electron chi connectivity index (χ2n) is 6.30. The third-order valence-electron chi connectivity index (χ3n) is 3.29. The largest absolute Gasteiger partial charge is 0.372 e. The van der Waals surface area contributed by atoms with Gasteiger partial charge in [-0.25, -0.2) is 0 Å². The number of rotatable bonds is 7. The van der Waals surface area contributed by atoms with Crippen LogP contribution >= 0.6 is 0 Å². The van der Waals surface area contributed by atoms with Crippen molar-refractivity contribution in [3.05, 3.63) is 29.8 Å². The molecule has 0 bridgehead atoms. The summed E-state index contributed by atoms with van der Waals surface area (Å²) in [7, 11) is 0. The lowest BCUT2D eigenvalue weighted by atomic mass is 10.1. The summed E-state index contributed by atoms with van der Waals surface area (Å²) in [5.41, 5.74) is 2.91. The van der Waals surface area contributed by atoms with E-state index in [1.54, 1.807) is 0 Å². The minimum atomic E-state index is 0.238. The second kappa shape index (κ2) is 7.54. The second-order valence-corrected chi connectivity index (χ2v) is 6.30. The van der Waals surface area contributed by atoms with Crippen molar-refractivity contribution >= 4 is 5.69 Å². The maximum absolute atomic E-state index is 3.54. The molecule has 0 amide bonds. The molecule has 108 valence electrons. The maximum Gasteiger partial charge on any atom is 0.0366 e. The van der Waals surface area contributed by atoms with Crippen molar-refractivity contribution in [3.63, 3.8) is 0 Å². The molecule has 0 atom stereocenters. The van der Waals surface area contributed by atoms with Crippen LogP contribution in [0.5, 0.6) is 0 Å². The van der Waals surface area contributed by atoms with E-state index < -0.39 is 0 Å². The molecule has 2 heteroatoms. The van der Waals surface area contributed by atoms with Crippen LogP contribution in [0.1, 0.15) is 46.1 Å². The fourth-order valence-corrected chi connectivity index (χ4v) is 2.12. The normalized spacial score (nSPS) is 11.6. The predicted octanol–water partition coefficient (Wildman–Crippen LogP) is 3.99. The number of hydrogen-bond donors (Lipinski definition) is 1. The first-order chi connectivity index (χ1) is 8.92. The average molecular weight is 262 g/mol. The van der Waals surface area contributed by atoms with E-state index in [9.17, 15) is 0 Å². The van der Waals surface area contributed by atoms with E-state index in [0.717, 1.165) is 19.6 Å². The highest BCUT2D eigenvalue weighted by Crippen LogP contribution is 2.15. The molecule has 0 aliphatic rings. The maximum atomic E-state index is 3.54. The predicted molar refractivity (Wildman–Crippen MR) is 86.1 cm³/mol. The van der Waals surface area contributed by atoms with Crippen molar-refractivity contribution in [3.8, 4) is 0 Å². The molecule has 0 radical (unpaired) electrons. The summed E-state index contributed by atoms with van der Waals surface area (Å²) in [6, 6.07) is 8.84. The van der Waals surface area contributed by atoms with Gasteiger partial charge in [0, 0.05) is 24.3 Å². The van der Waals surface area contributed by atoms with Crippen LogP contribution in [-0.2, 0) is 0 Å². The van der Waals surface area contributed by atoms with Crippen LogP contribution in [0.15, 0.2) is 24.3 Å². The molecule has 1 N–H and O–H groups in total. The summed E-state index contributed by atoms with van der Waals surface area (Å²) in [5, 5.41) is 3.54. The zero-order valence-corrected chi connectivity index (χ0v) is 13.3. The van der Waals surface area contributed by atoms with Gasteiger partial charge in [0.15, 0.2) is 0 Å². The van der Waals surface area contributed by atoms with E-state index in [4.69, 9.17) is 0 Å². The molecule has 0 saturated heterocycles. The summed E-state index contributed by atoms with van der Waals surface area (Å²) in [6.07, 6.45) is 2.48. The highest BCUT2D eigenvalue weighted by Gasteiger charge is 2.08. The number of unbranched alkanes of at least 4 members (excludes halogenated alkanes) is 1. The molecule has 0 aliphatic carbocycles. The van der Waals surface area contributed by atoms with E-state index in [-0.39, 0.29) is 5.54 Å². The first kappa shape index (κ1) is 16.0. The van der Waals surface area contributed by atoms with E-state index >= 15 is 0 Å². The van der Waals surface area contributed by atoms with Gasteiger partial charge in [0.05, 0.1) is 0 Å². The van der Waals surface area contributed by atoms with Gasteiger partial charge in [0.2, 0.25) is 0 Å². The van der Waals surface area contributed by atoms with E-state index in [2.05, 4.69) is 69.1 Å². The molecular weight excluding hydrogens is 232 g/mol. The van der Waals surface area contributed by atoms with Gasteiger partial charge in [0.25, 0.3) is 0 Å². The Bertz CT molecular complexity index is 349. The van der Waals surface area contributed by atoms with Crippen LogP contribution < -0.4 is 10.2 Å². The Labute approximate surface area is 119 Å². The van der Waals surface area contributed by atoms with Crippen LogP contribution in [0.4, 0.5) is 5.69 Å². The van der Waals surface area contributed by atoms with Gasteiger partial charge in [-0.3, -0.25) is 0 Å². The lowest BCUT2D eigenvalue weighted by Gasteiger charge is -2.24. The molecule has 1 rings (SSSR count). The van der Waals surface area contributed by atoms with Gasteiger partial charge in [-0.1, -0.05) is 17.7 Å². The number of nitrogens with one attached hydrogen (secondary N) is 1. The lowest BCUT2D eigenvalue weighted by Crippen LogP contribution is -2.36. The topological polar surface area (TPSA) is 15.3 Å². The first-order valence-electron chi connectivity index (χ1n) is 7.49. The quantitative estimate of drug-likeness (QED) is 0.747. The average Bonchev–Trinajstić information content (AvgIpc) is 2.34. The number of anilines is 1. The van der Waals surface area contributed by atoms with Crippen LogP contribution in [0, 0.1) is 6.92 Å².